The van der Waals surface area contributed by atoms with Gasteiger partial charge in [-0.05, 0) is 42.2 Å². The summed E-state index contributed by atoms with van der Waals surface area (Å²) in [6.07, 6.45) is -0.809. The largest absolute Gasteiger partial charge is 0.418 e. The van der Waals surface area contributed by atoms with Crippen LogP contribution in [0.5, 0.6) is 0 Å². The summed E-state index contributed by atoms with van der Waals surface area (Å²) in [5.74, 6) is -3.11. The van der Waals surface area contributed by atoms with E-state index in [-0.39, 0.29) is 37.1 Å². The van der Waals surface area contributed by atoms with E-state index in [1.165, 1.54) is 23.9 Å². The fourth-order valence-electron chi connectivity index (χ4n) is 6.27. The van der Waals surface area contributed by atoms with E-state index >= 15 is 0 Å². The number of aromatic nitrogens is 5. The van der Waals surface area contributed by atoms with Gasteiger partial charge < -0.3 is 9.67 Å². The number of rotatable bonds is 5. The molecule has 0 unspecified atom stereocenters. The van der Waals surface area contributed by atoms with Gasteiger partial charge in [0.1, 0.15) is 12.2 Å². The van der Waals surface area contributed by atoms with Crippen LogP contribution in [0.2, 0.25) is 0 Å². The van der Waals surface area contributed by atoms with Crippen LogP contribution in [0.4, 0.5) is 22.0 Å². The summed E-state index contributed by atoms with van der Waals surface area (Å²) >= 11 is 0. The summed E-state index contributed by atoms with van der Waals surface area (Å²) < 4.78 is 74.5. The van der Waals surface area contributed by atoms with Gasteiger partial charge in [0, 0.05) is 51.4 Å². The summed E-state index contributed by atoms with van der Waals surface area (Å²) in [7, 11) is 1.79. The van der Waals surface area contributed by atoms with Crippen LogP contribution in [0, 0.1) is 5.92 Å². The lowest BCUT2D eigenvalue weighted by molar-refractivity contribution is -0.136. The maximum Gasteiger partial charge on any atom is 0.418 e. The van der Waals surface area contributed by atoms with Gasteiger partial charge in [0.05, 0.1) is 28.3 Å². The predicted molar refractivity (Wildman–Crippen MR) is 139 cm³/mol. The average Bonchev–Trinajstić information content (AvgIpc) is 3.46. The normalized spacial score (nSPS) is 25.0. The number of alkyl halides is 5. The number of hydrogen-bond donors (Lipinski definition) is 1. The Kier molecular flexibility index (Phi) is 6.38. The Labute approximate surface area is 231 Å². The van der Waals surface area contributed by atoms with Crippen LogP contribution in [0.25, 0.3) is 11.2 Å². The summed E-state index contributed by atoms with van der Waals surface area (Å²) in [6.45, 7) is 1.52. The first-order valence-corrected chi connectivity index (χ1v) is 13.4. The van der Waals surface area contributed by atoms with Gasteiger partial charge in [0.25, 0.3) is 5.92 Å². The minimum absolute atomic E-state index is 0.00902. The molecular formula is C28H29F5N6O2. The van der Waals surface area contributed by atoms with Crippen molar-refractivity contribution < 1.29 is 27.1 Å². The zero-order valence-corrected chi connectivity index (χ0v) is 22.4. The minimum Gasteiger partial charge on any atom is -0.393 e. The number of hydrogen-bond acceptors (Lipinski definition) is 5. The van der Waals surface area contributed by atoms with Crippen LogP contribution in [0.3, 0.4) is 0 Å². The van der Waals surface area contributed by atoms with Crippen molar-refractivity contribution in [2.24, 2.45) is 13.0 Å². The molecule has 1 aliphatic heterocycles. The number of nitrogens with zero attached hydrogens (tertiary/aromatic N) is 6. The van der Waals surface area contributed by atoms with Crippen molar-refractivity contribution in [2.45, 2.75) is 56.3 Å². The molecule has 2 fully saturated rings. The highest BCUT2D eigenvalue weighted by Gasteiger charge is 2.49. The van der Waals surface area contributed by atoms with Crippen LogP contribution in [-0.2, 0) is 25.2 Å². The van der Waals surface area contributed by atoms with Gasteiger partial charge in [-0.2, -0.15) is 13.2 Å². The van der Waals surface area contributed by atoms with Crippen molar-refractivity contribution in [2.75, 3.05) is 13.1 Å². The highest BCUT2D eigenvalue weighted by Crippen LogP contribution is 2.48. The SMILES string of the molecule is C[C@@H]1CN(Cc2cc(C(F)(F)F)c3cn(-c4cccc([C@]5(c6nncn6C)C[C@H](O)C5)c4)c(=O)n3c2)CCC1(F)F. The van der Waals surface area contributed by atoms with Gasteiger partial charge in [-0.1, -0.05) is 19.1 Å². The molecule has 3 aromatic heterocycles. The molecule has 1 saturated heterocycles. The first-order chi connectivity index (χ1) is 19.3. The number of pyridine rings is 1. The number of aliphatic hydroxyl groups excluding tert-OH is 1. The molecule has 13 heteroatoms. The van der Waals surface area contributed by atoms with Crippen molar-refractivity contribution in [3.05, 3.63) is 82.1 Å². The summed E-state index contributed by atoms with van der Waals surface area (Å²) in [5.41, 5.74) is -1.31. The zero-order chi connectivity index (χ0) is 29.3. The smallest absolute Gasteiger partial charge is 0.393 e. The predicted octanol–water partition coefficient (Wildman–Crippen LogP) is 4.16. The molecule has 4 aromatic rings. The van der Waals surface area contributed by atoms with E-state index in [4.69, 9.17) is 0 Å². The first-order valence-electron chi connectivity index (χ1n) is 13.4. The Balaban J connectivity index is 1.41. The van der Waals surface area contributed by atoms with E-state index in [1.807, 2.05) is 6.07 Å². The molecule has 6 rings (SSSR count). The minimum atomic E-state index is -4.75. The zero-order valence-electron chi connectivity index (χ0n) is 22.4. The number of piperidine rings is 1. The molecule has 0 amide bonds. The summed E-state index contributed by atoms with van der Waals surface area (Å²) in [4.78, 5) is 15.2. The summed E-state index contributed by atoms with van der Waals surface area (Å²) in [6, 6.07) is 7.91. The number of imidazole rings is 1. The number of fused-ring (bicyclic) bond motifs is 1. The van der Waals surface area contributed by atoms with Crippen LogP contribution in [0.1, 0.15) is 48.7 Å². The molecular weight excluding hydrogens is 547 g/mol. The Bertz CT molecular complexity index is 1670. The topological polar surface area (TPSA) is 80.6 Å². The van der Waals surface area contributed by atoms with Gasteiger partial charge in [0.2, 0.25) is 0 Å². The molecule has 1 atom stereocenters. The highest BCUT2D eigenvalue weighted by atomic mass is 19.4. The van der Waals surface area contributed by atoms with Crippen LogP contribution >= 0.6 is 0 Å². The van der Waals surface area contributed by atoms with E-state index in [0.29, 0.717) is 24.4 Å². The standard InChI is InChI=1S/C28H29F5N6O2/c1-17-12-37(7-6-27(17,29)30)13-18-8-22(28(31,32)33)23-15-38(25(41)39(23)14-18)20-5-3-4-19(9-20)26(10-21(40)11-26)24-35-34-16-36(24)2/h3-5,8-9,14-17,21,40H,6-7,10-13H2,1-2H3/t17-,21-,26-/m1/s1. The van der Waals surface area contributed by atoms with Crippen molar-refractivity contribution in [1.29, 1.82) is 0 Å². The monoisotopic (exact) mass is 576 g/mol. The molecule has 0 spiro atoms. The molecule has 1 N–H and O–H groups in total. The van der Waals surface area contributed by atoms with Crippen LogP contribution in [-0.4, -0.2) is 58.9 Å². The Morgan fingerprint density at radius 1 is 1.15 bits per heavy atom. The highest BCUT2D eigenvalue weighted by molar-refractivity contribution is 5.58. The van der Waals surface area contributed by atoms with Gasteiger partial charge in [0.15, 0.2) is 0 Å². The fraction of sp³-hybridized carbons (Fsp3) is 0.464. The second kappa shape index (κ2) is 9.48. The van der Waals surface area contributed by atoms with E-state index in [1.54, 1.807) is 41.0 Å². The quantitative estimate of drug-likeness (QED) is 0.361. The molecule has 1 saturated carbocycles. The van der Waals surface area contributed by atoms with Gasteiger partial charge >= 0.3 is 11.9 Å². The Morgan fingerprint density at radius 3 is 2.54 bits per heavy atom. The Morgan fingerprint density at radius 2 is 1.90 bits per heavy atom. The third kappa shape index (κ3) is 4.64. The average molecular weight is 577 g/mol. The number of benzene rings is 1. The number of aryl methyl sites for hydroxylation is 1. The third-order valence-electron chi connectivity index (χ3n) is 8.53. The van der Waals surface area contributed by atoms with Crippen LogP contribution < -0.4 is 5.69 Å². The fourth-order valence-corrected chi connectivity index (χ4v) is 6.27. The van der Waals surface area contributed by atoms with Gasteiger partial charge in [-0.25, -0.2) is 13.6 Å². The summed E-state index contributed by atoms with van der Waals surface area (Å²) in [5, 5.41) is 18.4. The third-order valence-corrected chi connectivity index (χ3v) is 8.53. The van der Waals surface area contributed by atoms with E-state index in [2.05, 4.69) is 10.2 Å². The second-order valence-electron chi connectivity index (χ2n) is 11.4. The maximum absolute atomic E-state index is 14.2. The first kappa shape index (κ1) is 27.6. The second-order valence-corrected chi connectivity index (χ2v) is 11.4. The van der Waals surface area contributed by atoms with Crippen molar-refractivity contribution >= 4 is 5.52 Å². The lowest BCUT2D eigenvalue weighted by atomic mass is 9.62. The molecule has 0 radical (unpaired) electrons. The molecule has 4 heterocycles. The van der Waals surface area contributed by atoms with Crippen molar-refractivity contribution in [3.8, 4) is 5.69 Å². The Hall–Kier alpha value is -3.58. The molecule has 1 aromatic carbocycles. The molecule has 41 heavy (non-hydrogen) atoms. The van der Waals surface area contributed by atoms with E-state index in [0.717, 1.165) is 16.0 Å². The molecule has 8 nitrogen and oxygen atoms in total. The van der Waals surface area contributed by atoms with Crippen molar-refractivity contribution in [1.82, 2.24) is 28.6 Å². The molecule has 218 valence electrons. The number of likely N-dealkylation sites (tertiary alicyclic amines) is 1. The number of aliphatic hydroxyl groups is 1. The van der Waals surface area contributed by atoms with E-state index < -0.39 is 40.8 Å². The molecule has 2 aliphatic rings. The molecule has 1 aliphatic carbocycles. The maximum atomic E-state index is 14.2. The van der Waals surface area contributed by atoms with Gasteiger partial charge in [-0.3, -0.25) is 13.9 Å². The van der Waals surface area contributed by atoms with E-state index in [9.17, 15) is 31.9 Å². The lowest BCUT2D eigenvalue weighted by Gasteiger charge is -2.44. The number of halogens is 5. The molecule has 0 bridgehead atoms. The van der Waals surface area contributed by atoms with Crippen LogP contribution in [0.15, 0.2) is 53.8 Å². The van der Waals surface area contributed by atoms with Crippen molar-refractivity contribution in [3.63, 3.8) is 0 Å². The lowest BCUT2D eigenvalue weighted by Crippen LogP contribution is -2.47. The van der Waals surface area contributed by atoms with Gasteiger partial charge in [-0.15, -0.1) is 10.2 Å².